The number of halogens is 3. The summed E-state index contributed by atoms with van der Waals surface area (Å²) in [6.07, 6.45) is 6.03. The molecule has 1 aromatic carbocycles. The average Bonchev–Trinajstić information content (AvgIpc) is 2.77. The maximum Gasteiger partial charge on any atom is 0.268 e. The topological polar surface area (TPSA) is 88.8 Å². The number of carbonyl (C=O) groups is 1. The van der Waals surface area contributed by atoms with Gasteiger partial charge in [-0.3, -0.25) is 14.6 Å². The van der Waals surface area contributed by atoms with E-state index in [-0.39, 0.29) is 21.5 Å². The zero-order valence-electron chi connectivity index (χ0n) is 18.9. The highest BCUT2D eigenvalue weighted by Crippen LogP contribution is 2.42. The summed E-state index contributed by atoms with van der Waals surface area (Å²) in [5.74, 6) is -1.48. The normalized spacial score (nSPS) is 18.5. The second-order valence-corrected chi connectivity index (χ2v) is 9.89. The molecule has 0 saturated heterocycles. The minimum atomic E-state index is -0.987. The molecule has 0 spiro atoms. The van der Waals surface area contributed by atoms with Gasteiger partial charge in [0, 0.05) is 18.0 Å². The lowest BCUT2D eigenvalue weighted by Gasteiger charge is -2.37. The largest absolute Gasteiger partial charge is 0.364 e. The molecule has 0 atom stereocenters. The van der Waals surface area contributed by atoms with Crippen molar-refractivity contribution in [3.05, 3.63) is 74.8 Å². The van der Waals surface area contributed by atoms with Crippen molar-refractivity contribution >= 4 is 28.4 Å². The number of amides is 1. The number of rotatable bonds is 2. The summed E-state index contributed by atoms with van der Waals surface area (Å²) in [4.78, 5) is 31.3. The summed E-state index contributed by atoms with van der Waals surface area (Å²) < 4.78 is 24.3. The first-order valence-electron chi connectivity index (χ1n) is 10.9. The third-order valence-corrected chi connectivity index (χ3v) is 6.58. The third kappa shape index (κ3) is 5.77. The SMILES string of the molecule is CC(C)(C)C1CCC(c2cc(=O)c3c(C(N)=O)nccc3[nH]2)CC1.Fc1cccc(Cl)c1F. The van der Waals surface area contributed by atoms with Crippen molar-refractivity contribution in [2.45, 2.75) is 52.4 Å². The van der Waals surface area contributed by atoms with Crippen molar-refractivity contribution in [3.8, 4) is 0 Å². The second-order valence-electron chi connectivity index (χ2n) is 9.49. The van der Waals surface area contributed by atoms with Gasteiger partial charge in [0.2, 0.25) is 0 Å². The minimum absolute atomic E-state index is 0.0386. The van der Waals surface area contributed by atoms with E-state index in [9.17, 15) is 18.4 Å². The van der Waals surface area contributed by atoms with E-state index in [2.05, 4.69) is 30.7 Å². The Morgan fingerprint density at radius 3 is 2.36 bits per heavy atom. The molecular weight excluding hydrogens is 448 g/mol. The molecule has 4 rings (SSSR count). The van der Waals surface area contributed by atoms with E-state index in [4.69, 9.17) is 17.3 Å². The third-order valence-electron chi connectivity index (χ3n) is 6.29. The molecule has 1 aliphatic rings. The molecule has 3 aromatic rings. The molecule has 1 aliphatic carbocycles. The zero-order valence-corrected chi connectivity index (χ0v) is 19.7. The van der Waals surface area contributed by atoms with Gasteiger partial charge in [0.25, 0.3) is 5.91 Å². The summed E-state index contributed by atoms with van der Waals surface area (Å²) in [5, 5.41) is 0.104. The van der Waals surface area contributed by atoms with E-state index in [1.165, 1.54) is 31.2 Å². The fourth-order valence-corrected chi connectivity index (χ4v) is 4.54. The Labute approximate surface area is 196 Å². The fourth-order valence-electron chi connectivity index (χ4n) is 4.38. The molecule has 3 N–H and O–H groups in total. The summed E-state index contributed by atoms with van der Waals surface area (Å²) in [6, 6.07) is 7.01. The highest BCUT2D eigenvalue weighted by molar-refractivity contribution is 6.30. The van der Waals surface area contributed by atoms with Gasteiger partial charge in [-0.1, -0.05) is 38.4 Å². The molecule has 0 bridgehead atoms. The Morgan fingerprint density at radius 2 is 1.82 bits per heavy atom. The van der Waals surface area contributed by atoms with Crippen molar-refractivity contribution in [2.24, 2.45) is 17.1 Å². The molecule has 1 saturated carbocycles. The van der Waals surface area contributed by atoms with Gasteiger partial charge in [0.05, 0.1) is 15.9 Å². The van der Waals surface area contributed by atoms with Gasteiger partial charge in [-0.2, -0.15) is 0 Å². The van der Waals surface area contributed by atoms with Gasteiger partial charge >= 0.3 is 0 Å². The lowest BCUT2D eigenvalue weighted by Crippen LogP contribution is -2.26. The van der Waals surface area contributed by atoms with Gasteiger partial charge < -0.3 is 10.7 Å². The Kier molecular flexibility index (Phi) is 7.52. The molecule has 5 nitrogen and oxygen atoms in total. The van der Waals surface area contributed by atoms with Crippen LogP contribution in [0.4, 0.5) is 8.78 Å². The van der Waals surface area contributed by atoms with E-state index in [0.717, 1.165) is 30.5 Å². The molecule has 0 unspecified atom stereocenters. The van der Waals surface area contributed by atoms with Crippen molar-refractivity contribution in [2.75, 3.05) is 0 Å². The van der Waals surface area contributed by atoms with Crippen molar-refractivity contribution < 1.29 is 13.6 Å². The van der Waals surface area contributed by atoms with Crippen LogP contribution in [0.3, 0.4) is 0 Å². The zero-order chi connectivity index (χ0) is 24.3. The maximum absolute atomic E-state index is 12.5. The number of nitrogens with two attached hydrogens (primary N) is 1. The Hall–Kier alpha value is -2.80. The summed E-state index contributed by atoms with van der Waals surface area (Å²) in [5.41, 5.74) is 7.12. The molecule has 0 radical (unpaired) electrons. The summed E-state index contributed by atoms with van der Waals surface area (Å²) in [6.45, 7) is 6.90. The molecule has 176 valence electrons. The number of aromatic nitrogens is 2. The monoisotopic (exact) mass is 475 g/mol. The number of fused-ring (bicyclic) bond motifs is 1. The predicted octanol–water partition coefficient (Wildman–Crippen LogP) is 5.96. The van der Waals surface area contributed by atoms with E-state index in [1.54, 1.807) is 12.1 Å². The number of aromatic amines is 1. The van der Waals surface area contributed by atoms with Crippen molar-refractivity contribution in [1.29, 1.82) is 0 Å². The average molecular weight is 476 g/mol. The Morgan fingerprint density at radius 1 is 1.15 bits per heavy atom. The minimum Gasteiger partial charge on any atom is -0.364 e. The quantitative estimate of drug-likeness (QED) is 0.448. The maximum atomic E-state index is 12.5. The number of H-pyrrole nitrogens is 1. The number of primary amides is 1. The second kappa shape index (κ2) is 10.00. The Bertz CT molecular complexity index is 1190. The highest BCUT2D eigenvalue weighted by atomic mass is 35.5. The van der Waals surface area contributed by atoms with Gasteiger partial charge in [0.1, 0.15) is 5.69 Å². The van der Waals surface area contributed by atoms with Crippen LogP contribution in [0, 0.1) is 23.0 Å². The number of pyridine rings is 2. The van der Waals surface area contributed by atoms with Gasteiger partial charge in [0.15, 0.2) is 17.1 Å². The van der Waals surface area contributed by atoms with E-state index in [1.807, 2.05) is 0 Å². The van der Waals surface area contributed by atoms with Crippen LogP contribution in [0.15, 0.2) is 41.3 Å². The Balaban J connectivity index is 0.000000286. The van der Waals surface area contributed by atoms with E-state index >= 15 is 0 Å². The first-order valence-corrected chi connectivity index (χ1v) is 11.3. The molecule has 1 fully saturated rings. The molecule has 33 heavy (non-hydrogen) atoms. The number of hydrogen-bond acceptors (Lipinski definition) is 3. The fraction of sp³-hybridized carbons (Fsp3) is 0.400. The summed E-state index contributed by atoms with van der Waals surface area (Å²) >= 11 is 5.20. The smallest absolute Gasteiger partial charge is 0.268 e. The predicted molar refractivity (Wildman–Crippen MR) is 126 cm³/mol. The molecule has 0 aliphatic heterocycles. The summed E-state index contributed by atoms with van der Waals surface area (Å²) in [7, 11) is 0. The van der Waals surface area contributed by atoms with Crippen LogP contribution in [-0.4, -0.2) is 15.9 Å². The first-order chi connectivity index (χ1) is 15.5. The lowest BCUT2D eigenvalue weighted by molar-refractivity contribution is 0.0997. The van der Waals surface area contributed by atoms with Crippen LogP contribution in [0.2, 0.25) is 5.02 Å². The van der Waals surface area contributed by atoms with Crippen LogP contribution < -0.4 is 11.2 Å². The van der Waals surface area contributed by atoms with E-state index in [0.29, 0.717) is 16.8 Å². The first kappa shape index (κ1) is 24.8. The number of benzene rings is 1. The van der Waals surface area contributed by atoms with Crippen molar-refractivity contribution in [1.82, 2.24) is 9.97 Å². The van der Waals surface area contributed by atoms with E-state index < -0.39 is 17.5 Å². The van der Waals surface area contributed by atoms with Crippen LogP contribution in [0.1, 0.15) is 68.6 Å². The van der Waals surface area contributed by atoms with Crippen LogP contribution in [-0.2, 0) is 0 Å². The molecular formula is C25H28ClF2N3O2. The van der Waals surface area contributed by atoms with Crippen molar-refractivity contribution in [3.63, 3.8) is 0 Å². The van der Waals surface area contributed by atoms with Gasteiger partial charge in [-0.05, 0) is 61.1 Å². The number of nitrogens with zero attached hydrogens (tertiary/aromatic N) is 1. The molecule has 1 amide bonds. The lowest BCUT2D eigenvalue weighted by atomic mass is 9.69. The molecule has 8 heteroatoms. The number of nitrogens with one attached hydrogen (secondary N) is 1. The molecule has 2 heterocycles. The van der Waals surface area contributed by atoms with Gasteiger partial charge in [-0.15, -0.1) is 0 Å². The van der Waals surface area contributed by atoms with Crippen LogP contribution in [0.5, 0.6) is 0 Å². The number of carbonyl (C=O) groups excluding carboxylic acids is 1. The highest BCUT2D eigenvalue weighted by Gasteiger charge is 2.30. The van der Waals surface area contributed by atoms with Gasteiger partial charge in [-0.25, -0.2) is 8.78 Å². The molecule has 2 aromatic heterocycles. The van der Waals surface area contributed by atoms with Crippen LogP contribution in [0.25, 0.3) is 10.9 Å². The number of hydrogen-bond donors (Lipinski definition) is 2. The standard InChI is InChI=1S/C19H25N3O2.C6H3ClF2/c1-19(2,3)12-6-4-11(5-7-12)14-10-15(23)16-13(22-14)8-9-21-17(16)18(20)24;7-4-2-1-3-5(8)6(4)9/h8-12H,4-7H2,1-3H3,(H2,20,24)(H,22,23);1-3H. The van der Waals surface area contributed by atoms with Crippen LogP contribution >= 0.6 is 11.6 Å².